The highest BCUT2D eigenvalue weighted by Crippen LogP contribution is 2.62. The van der Waals surface area contributed by atoms with Gasteiger partial charge in [0.15, 0.2) is 8.32 Å². The molecule has 0 aliphatic carbocycles. The summed E-state index contributed by atoms with van der Waals surface area (Å²) in [6.07, 6.45) is -2.40. The maximum Gasteiger partial charge on any atom is 0.384 e. The molecule has 0 spiro atoms. The predicted molar refractivity (Wildman–Crippen MR) is 69.4 cm³/mol. The lowest BCUT2D eigenvalue weighted by molar-refractivity contribution is -0.440. The molecule has 0 aromatic rings. The van der Waals surface area contributed by atoms with Crippen LogP contribution in [0.5, 0.6) is 0 Å². The Balaban J connectivity index is 6.32. The Morgan fingerprint density at radius 2 is 0.857 bits per heavy atom. The molecule has 0 saturated carbocycles. The Labute approximate surface area is 149 Å². The standard InChI is InChI=1S/C12H14F14OSi/c1-6(13,14)8(17,18)10(21,22)12(25,26)11(23,24)9(19,20)7(15,16)4-5-28(2,3)27/h27H,4-5H2,1-3H3. The van der Waals surface area contributed by atoms with E-state index in [4.69, 9.17) is 0 Å². The van der Waals surface area contributed by atoms with Crippen LogP contribution in [0.1, 0.15) is 13.3 Å². The van der Waals surface area contributed by atoms with Crippen molar-refractivity contribution in [2.75, 3.05) is 0 Å². The summed E-state index contributed by atoms with van der Waals surface area (Å²) in [4.78, 5) is 9.26. The van der Waals surface area contributed by atoms with Crippen molar-refractivity contribution in [1.29, 1.82) is 0 Å². The second-order valence-corrected chi connectivity index (χ2v) is 10.9. The minimum absolute atomic E-state index is 0.853. The number of rotatable bonds is 9. The molecule has 0 aromatic carbocycles. The van der Waals surface area contributed by atoms with E-state index >= 15 is 0 Å². The first-order chi connectivity index (χ1) is 11.7. The number of hydrogen-bond acceptors (Lipinski definition) is 1. The lowest BCUT2D eigenvalue weighted by atomic mass is 9.89. The van der Waals surface area contributed by atoms with Gasteiger partial charge in [0, 0.05) is 13.3 Å². The third kappa shape index (κ3) is 4.07. The number of hydrogen-bond donors (Lipinski definition) is 1. The molecule has 0 saturated heterocycles. The maximum atomic E-state index is 13.5. The van der Waals surface area contributed by atoms with Gasteiger partial charge in [0.1, 0.15) is 0 Å². The van der Waals surface area contributed by atoms with E-state index in [2.05, 4.69) is 0 Å². The van der Waals surface area contributed by atoms with Crippen molar-refractivity contribution in [1.82, 2.24) is 0 Å². The Kier molecular flexibility index (Phi) is 6.67. The molecule has 0 radical (unpaired) electrons. The SMILES string of the molecule is CC(F)(F)C(F)(F)C(F)(F)C(F)(F)C(F)(F)C(F)(F)C(F)(F)CC[Si](C)(C)O. The Morgan fingerprint density at radius 3 is 1.14 bits per heavy atom. The van der Waals surface area contributed by atoms with Gasteiger partial charge in [-0.15, -0.1) is 0 Å². The first kappa shape index (κ1) is 27.2. The van der Waals surface area contributed by atoms with Gasteiger partial charge in [-0.05, 0) is 19.1 Å². The van der Waals surface area contributed by atoms with Gasteiger partial charge in [0.05, 0.1) is 0 Å². The van der Waals surface area contributed by atoms with Gasteiger partial charge in [-0.2, -0.15) is 61.5 Å². The second kappa shape index (κ2) is 6.87. The smallest absolute Gasteiger partial charge is 0.384 e. The van der Waals surface area contributed by atoms with Crippen LogP contribution in [-0.4, -0.2) is 54.6 Å². The predicted octanol–water partition coefficient (Wildman–Crippen LogP) is 6.04. The summed E-state index contributed by atoms with van der Waals surface area (Å²) in [6, 6.07) is -1.29. The molecular formula is C12H14F14OSi. The number of alkyl halides is 14. The van der Waals surface area contributed by atoms with Crippen LogP contribution < -0.4 is 0 Å². The lowest BCUT2D eigenvalue weighted by Gasteiger charge is -2.42. The summed E-state index contributed by atoms with van der Waals surface area (Å²) in [7, 11) is -3.66. The lowest BCUT2D eigenvalue weighted by Crippen LogP contribution is -2.72. The largest absolute Gasteiger partial charge is 0.432 e. The van der Waals surface area contributed by atoms with E-state index in [1.807, 2.05) is 0 Å². The van der Waals surface area contributed by atoms with Crippen LogP contribution in [0, 0.1) is 0 Å². The Hall–Kier alpha value is -0.803. The van der Waals surface area contributed by atoms with E-state index in [0.717, 1.165) is 13.1 Å². The summed E-state index contributed by atoms with van der Waals surface area (Å²) < 4.78 is 185. The van der Waals surface area contributed by atoms with Crippen LogP contribution in [0.3, 0.4) is 0 Å². The van der Waals surface area contributed by atoms with Gasteiger partial charge in [-0.3, -0.25) is 0 Å². The van der Waals surface area contributed by atoms with Crippen molar-refractivity contribution in [3.63, 3.8) is 0 Å². The average molecular weight is 468 g/mol. The first-order valence-electron chi connectivity index (χ1n) is 7.08. The molecule has 0 aromatic heterocycles. The molecule has 0 amide bonds. The number of halogens is 14. The summed E-state index contributed by atoms with van der Waals surface area (Å²) in [5.74, 6) is -50.7. The fourth-order valence-electron chi connectivity index (χ4n) is 1.72. The molecule has 16 heteroatoms. The third-order valence-electron chi connectivity index (χ3n) is 3.64. The average Bonchev–Trinajstić information content (AvgIpc) is 2.42. The minimum Gasteiger partial charge on any atom is -0.432 e. The normalized spacial score (nSPS) is 16.5. The van der Waals surface area contributed by atoms with Crippen LogP contribution >= 0.6 is 0 Å². The van der Waals surface area contributed by atoms with Gasteiger partial charge in [-0.25, -0.2) is 0 Å². The van der Waals surface area contributed by atoms with Crippen LogP contribution in [0.15, 0.2) is 0 Å². The van der Waals surface area contributed by atoms with E-state index in [9.17, 15) is 66.3 Å². The molecule has 1 N–H and O–H groups in total. The molecule has 1 nitrogen and oxygen atoms in total. The Morgan fingerprint density at radius 1 is 0.571 bits per heavy atom. The van der Waals surface area contributed by atoms with Gasteiger partial charge < -0.3 is 4.80 Å². The van der Waals surface area contributed by atoms with E-state index in [1.165, 1.54) is 0 Å². The highest BCUT2D eigenvalue weighted by atomic mass is 28.4. The highest BCUT2D eigenvalue weighted by molar-refractivity contribution is 6.69. The van der Waals surface area contributed by atoms with Crippen molar-refractivity contribution >= 4 is 8.32 Å². The van der Waals surface area contributed by atoms with Gasteiger partial charge in [0.25, 0.3) is 0 Å². The van der Waals surface area contributed by atoms with Crippen molar-refractivity contribution in [2.24, 2.45) is 0 Å². The molecule has 0 atom stereocenters. The maximum absolute atomic E-state index is 13.5. The zero-order valence-electron chi connectivity index (χ0n) is 14.2. The van der Waals surface area contributed by atoms with Crippen LogP contribution in [-0.2, 0) is 0 Å². The summed E-state index contributed by atoms with van der Waals surface area (Å²) in [6.45, 7) is 0.619. The molecule has 0 unspecified atom stereocenters. The van der Waals surface area contributed by atoms with Crippen molar-refractivity contribution in [2.45, 2.75) is 73.9 Å². The van der Waals surface area contributed by atoms with E-state index in [-0.39, 0.29) is 0 Å². The highest BCUT2D eigenvalue weighted by Gasteiger charge is 2.92. The zero-order valence-corrected chi connectivity index (χ0v) is 15.2. The molecule has 0 bridgehead atoms. The van der Waals surface area contributed by atoms with E-state index < -0.39 is 69.2 Å². The van der Waals surface area contributed by atoms with Gasteiger partial charge in [-0.1, -0.05) is 0 Å². The second-order valence-electron chi connectivity index (χ2n) is 6.78. The van der Waals surface area contributed by atoms with Crippen LogP contribution in [0.25, 0.3) is 0 Å². The van der Waals surface area contributed by atoms with E-state index in [0.29, 0.717) is 0 Å². The monoisotopic (exact) mass is 468 g/mol. The molecule has 0 aliphatic heterocycles. The molecule has 0 rings (SSSR count). The minimum atomic E-state index is -8.03. The molecule has 170 valence electrons. The molecule has 28 heavy (non-hydrogen) atoms. The molecule has 0 heterocycles. The quantitative estimate of drug-likeness (QED) is 0.323. The summed E-state index contributed by atoms with van der Waals surface area (Å²) in [5.41, 5.74) is 0. The zero-order chi connectivity index (χ0) is 23.4. The molecule has 0 fully saturated rings. The third-order valence-corrected chi connectivity index (χ3v) is 5.11. The fraction of sp³-hybridized carbons (Fsp3) is 1.00. The van der Waals surface area contributed by atoms with E-state index in [1.54, 1.807) is 0 Å². The first-order valence-corrected chi connectivity index (χ1v) is 10.2. The molecule has 0 aliphatic rings. The Bertz CT molecular complexity index is 560. The fourth-order valence-corrected chi connectivity index (χ4v) is 2.64. The molecular weight excluding hydrogens is 454 g/mol. The summed E-state index contributed by atoms with van der Waals surface area (Å²) in [5, 5.41) is 0. The van der Waals surface area contributed by atoms with Gasteiger partial charge in [0.2, 0.25) is 0 Å². The van der Waals surface area contributed by atoms with Crippen molar-refractivity contribution < 1.29 is 66.3 Å². The van der Waals surface area contributed by atoms with Crippen molar-refractivity contribution in [3.8, 4) is 0 Å². The van der Waals surface area contributed by atoms with Gasteiger partial charge >= 0.3 is 41.5 Å². The summed E-state index contributed by atoms with van der Waals surface area (Å²) >= 11 is 0. The van der Waals surface area contributed by atoms with Crippen LogP contribution in [0.4, 0.5) is 61.5 Å². The topological polar surface area (TPSA) is 20.2 Å². The van der Waals surface area contributed by atoms with Crippen LogP contribution in [0.2, 0.25) is 19.1 Å². The van der Waals surface area contributed by atoms with Crippen molar-refractivity contribution in [3.05, 3.63) is 0 Å².